The van der Waals surface area contributed by atoms with Crippen molar-refractivity contribution in [3.63, 3.8) is 0 Å². The van der Waals surface area contributed by atoms with Crippen molar-refractivity contribution in [1.29, 1.82) is 0 Å². The van der Waals surface area contributed by atoms with Gasteiger partial charge < -0.3 is 9.80 Å². The first-order chi connectivity index (χ1) is 11.5. The molecule has 1 aromatic carbocycles. The molecule has 3 heterocycles. The third-order valence-corrected chi connectivity index (χ3v) is 7.42. The Balaban J connectivity index is 1.43. The van der Waals surface area contributed by atoms with Gasteiger partial charge in [-0.05, 0) is 30.1 Å². The van der Waals surface area contributed by atoms with E-state index >= 15 is 0 Å². The average molecular weight is 365 g/mol. The van der Waals surface area contributed by atoms with Crippen molar-refractivity contribution < 1.29 is 13.2 Å². The van der Waals surface area contributed by atoms with Gasteiger partial charge >= 0.3 is 0 Å². The van der Waals surface area contributed by atoms with Gasteiger partial charge in [0.15, 0.2) is 9.84 Å². The molecule has 128 valence electrons. The van der Waals surface area contributed by atoms with Crippen molar-refractivity contribution in [3.8, 4) is 0 Å². The molecule has 0 aliphatic carbocycles. The van der Waals surface area contributed by atoms with Gasteiger partial charge in [0.1, 0.15) is 5.82 Å². The minimum absolute atomic E-state index is 0.00105. The normalized spacial score (nSPS) is 23.8. The molecule has 1 atom stereocenters. The average Bonchev–Trinajstić information content (AvgIpc) is 3.17. The van der Waals surface area contributed by atoms with E-state index in [0.29, 0.717) is 19.5 Å². The zero-order valence-corrected chi connectivity index (χ0v) is 14.9. The SMILES string of the molecule is O=C([C@H]1CCS(=O)(=O)C1)N1CCN(c2nsc3ccccc23)CC1. The maximum Gasteiger partial charge on any atom is 0.226 e. The molecule has 6 nitrogen and oxygen atoms in total. The van der Waals surface area contributed by atoms with Crippen LogP contribution in [0, 0.1) is 5.92 Å². The molecule has 1 aromatic heterocycles. The number of hydrogen-bond donors (Lipinski definition) is 0. The quantitative estimate of drug-likeness (QED) is 0.804. The van der Waals surface area contributed by atoms with Crippen molar-refractivity contribution in [2.24, 2.45) is 5.92 Å². The lowest BCUT2D eigenvalue weighted by molar-refractivity contribution is -0.135. The van der Waals surface area contributed by atoms with Crippen LogP contribution in [-0.2, 0) is 14.6 Å². The Morgan fingerprint density at radius 2 is 1.92 bits per heavy atom. The summed E-state index contributed by atoms with van der Waals surface area (Å²) in [5, 5.41) is 1.16. The second kappa shape index (κ2) is 6.00. The predicted octanol–water partition coefficient (Wildman–Crippen LogP) is 1.38. The van der Waals surface area contributed by atoms with Gasteiger partial charge in [-0.15, -0.1) is 0 Å². The number of nitrogens with zero attached hydrogens (tertiary/aromatic N) is 3. The Morgan fingerprint density at radius 1 is 1.17 bits per heavy atom. The van der Waals surface area contributed by atoms with E-state index in [-0.39, 0.29) is 23.3 Å². The van der Waals surface area contributed by atoms with Gasteiger partial charge in [-0.1, -0.05) is 12.1 Å². The third-order valence-electron chi connectivity index (χ3n) is 4.83. The van der Waals surface area contributed by atoms with E-state index in [1.807, 2.05) is 17.0 Å². The Bertz CT molecular complexity index is 870. The van der Waals surface area contributed by atoms with E-state index in [1.54, 1.807) is 0 Å². The maximum atomic E-state index is 12.5. The molecule has 8 heteroatoms. The van der Waals surface area contributed by atoms with E-state index in [0.717, 1.165) is 24.3 Å². The van der Waals surface area contributed by atoms with Crippen LogP contribution in [0.2, 0.25) is 0 Å². The molecule has 0 unspecified atom stereocenters. The van der Waals surface area contributed by atoms with Gasteiger partial charge in [-0.25, -0.2) is 8.42 Å². The van der Waals surface area contributed by atoms with Gasteiger partial charge in [-0.3, -0.25) is 4.79 Å². The number of hydrogen-bond acceptors (Lipinski definition) is 6. The summed E-state index contributed by atoms with van der Waals surface area (Å²) in [6.45, 7) is 2.72. The van der Waals surface area contributed by atoms with Crippen LogP contribution in [0.4, 0.5) is 5.82 Å². The largest absolute Gasteiger partial charge is 0.352 e. The first-order valence-corrected chi connectivity index (χ1v) is 10.7. The number of aromatic nitrogens is 1. The van der Waals surface area contributed by atoms with Gasteiger partial charge in [0.25, 0.3) is 0 Å². The van der Waals surface area contributed by atoms with Crippen LogP contribution in [0.25, 0.3) is 10.1 Å². The molecule has 0 bridgehead atoms. The molecule has 0 radical (unpaired) electrons. The molecule has 0 spiro atoms. The van der Waals surface area contributed by atoms with Crippen molar-refractivity contribution in [2.75, 3.05) is 42.6 Å². The molecule has 2 aliphatic heterocycles. The van der Waals surface area contributed by atoms with E-state index in [2.05, 4.69) is 21.4 Å². The van der Waals surface area contributed by atoms with E-state index in [4.69, 9.17) is 0 Å². The zero-order chi connectivity index (χ0) is 16.7. The molecule has 4 rings (SSSR count). The predicted molar refractivity (Wildman–Crippen MR) is 95.2 cm³/mol. The van der Waals surface area contributed by atoms with Crippen molar-refractivity contribution >= 4 is 43.2 Å². The summed E-state index contributed by atoms with van der Waals surface area (Å²) < 4.78 is 28.9. The summed E-state index contributed by atoms with van der Waals surface area (Å²) in [5.41, 5.74) is 0. The minimum atomic E-state index is -3.02. The van der Waals surface area contributed by atoms with E-state index < -0.39 is 9.84 Å². The standard InChI is InChI=1S/C16H19N3O3S2/c20-16(12-5-10-24(21,22)11-12)19-8-6-18(7-9-19)15-13-3-1-2-4-14(13)23-17-15/h1-4,12H,5-11H2/t12-/m0/s1. The van der Waals surface area contributed by atoms with Gasteiger partial charge in [-0.2, -0.15) is 4.37 Å². The Morgan fingerprint density at radius 3 is 2.62 bits per heavy atom. The number of amides is 1. The summed E-state index contributed by atoms with van der Waals surface area (Å²) in [7, 11) is -3.02. The summed E-state index contributed by atoms with van der Waals surface area (Å²) >= 11 is 1.50. The molecule has 2 fully saturated rings. The molecule has 1 amide bonds. The fourth-order valence-electron chi connectivity index (χ4n) is 3.49. The number of benzene rings is 1. The fourth-order valence-corrected chi connectivity index (χ4v) is 6.02. The summed E-state index contributed by atoms with van der Waals surface area (Å²) in [4.78, 5) is 16.6. The van der Waals surface area contributed by atoms with Crippen LogP contribution in [0.3, 0.4) is 0 Å². The first kappa shape index (κ1) is 15.8. The smallest absolute Gasteiger partial charge is 0.226 e. The summed E-state index contributed by atoms with van der Waals surface area (Å²) in [5.74, 6) is 0.809. The van der Waals surface area contributed by atoms with Crippen LogP contribution in [0.5, 0.6) is 0 Å². The third kappa shape index (κ3) is 2.88. The molecular formula is C16H19N3O3S2. The second-order valence-electron chi connectivity index (χ2n) is 6.41. The number of carbonyl (C=O) groups excluding carboxylic acids is 1. The van der Waals surface area contributed by atoms with Crippen LogP contribution in [-0.4, -0.2) is 61.3 Å². The van der Waals surface area contributed by atoms with Crippen LogP contribution in [0.1, 0.15) is 6.42 Å². The van der Waals surface area contributed by atoms with Gasteiger partial charge in [0.05, 0.1) is 22.1 Å². The highest BCUT2D eigenvalue weighted by Gasteiger charge is 2.36. The van der Waals surface area contributed by atoms with Crippen LogP contribution >= 0.6 is 11.5 Å². The molecule has 0 N–H and O–H groups in total. The fraction of sp³-hybridized carbons (Fsp3) is 0.500. The summed E-state index contributed by atoms with van der Waals surface area (Å²) in [6, 6.07) is 8.17. The number of piperazine rings is 1. The lowest BCUT2D eigenvalue weighted by Crippen LogP contribution is -2.50. The van der Waals surface area contributed by atoms with Gasteiger partial charge in [0, 0.05) is 31.6 Å². The van der Waals surface area contributed by atoms with E-state index in [1.165, 1.54) is 16.2 Å². The summed E-state index contributed by atoms with van der Waals surface area (Å²) in [6.07, 6.45) is 0.470. The Kier molecular flexibility index (Phi) is 3.96. The highest BCUT2D eigenvalue weighted by Crippen LogP contribution is 2.30. The zero-order valence-electron chi connectivity index (χ0n) is 13.2. The molecule has 2 aliphatic rings. The Hall–Kier alpha value is -1.67. The number of fused-ring (bicyclic) bond motifs is 1. The highest BCUT2D eigenvalue weighted by molar-refractivity contribution is 7.91. The molecule has 2 saturated heterocycles. The lowest BCUT2D eigenvalue weighted by Gasteiger charge is -2.36. The maximum absolute atomic E-state index is 12.5. The van der Waals surface area contributed by atoms with Crippen LogP contribution < -0.4 is 4.90 Å². The van der Waals surface area contributed by atoms with Crippen molar-refractivity contribution in [1.82, 2.24) is 9.27 Å². The number of sulfone groups is 1. The number of carbonyl (C=O) groups is 1. The Labute approximate surface area is 145 Å². The van der Waals surface area contributed by atoms with Crippen molar-refractivity contribution in [3.05, 3.63) is 24.3 Å². The topological polar surface area (TPSA) is 70.6 Å². The number of rotatable bonds is 2. The van der Waals surface area contributed by atoms with Crippen molar-refractivity contribution in [2.45, 2.75) is 6.42 Å². The molecular weight excluding hydrogens is 346 g/mol. The minimum Gasteiger partial charge on any atom is -0.352 e. The highest BCUT2D eigenvalue weighted by atomic mass is 32.2. The number of anilines is 1. The van der Waals surface area contributed by atoms with E-state index in [9.17, 15) is 13.2 Å². The molecule has 2 aromatic rings. The van der Waals surface area contributed by atoms with Crippen LogP contribution in [0.15, 0.2) is 24.3 Å². The lowest BCUT2D eigenvalue weighted by atomic mass is 10.1. The first-order valence-electron chi connectivity index (χ1n) is 8.12. The second-order valence-corrected chi connectivity index (χ2v) is 9.45. The molecule has 0 saturated carbocycles. The monoisotopic (exact) mass is 365 g/mol. The van der Waals surface area contributed by atoms with Gasteiger partial charge in [0.2, 0.25) is 5.91 Å². The molecule has 24 heavy (non-hydrogen) atoms.